The Morgan fingerprint density at radius 2 is 2.03 bits per heavy atom. The number of halogens is 1. The van der Waals surface area contributed by atoms with Crippen LogP contribution in [0, 0.1) is 11.7 Å². The van der Waals surface area contributed by atoms with Crippen molar-refractivity contribution in [1.29, 1.82) is 0 Å². The Morgan fingerprint density at radius 3 is 2.91 bits per heavy atom. The van der Waals surface area contributed by atoms with E-state index in [0.717, 1.165) is 16.9 Å². The van der Waals surface area contributed by atoms with Gasteiger partial charge in [0.25, 0.3) is 5.91 Å². The molecule has 1 aliphatic heterocycles. The van der Waals surface area contributed by atoms with Crippen molar-refractivity contribution in [2.75, 3.05) is 26.3 Å². The van der Waals surface area contributed by atoms with Gasteiger partial charge in [-0.3, -0.25) is 4.79 Å². The second kappa shape index (κ2) is 10.0. The number of ether oxygens (including phenoxy) is 2. The van der Waals surface area contributed by atoms with Gasteiger partial charge in [-0.05, 0) is 54.4 Å². The molecule has 0 radical (unpaired) electrons. The topological polar surface area (TPSA) is 69.0 Å². The standard InChI is InChI=1S/C26H25FN4O3/c27-22-6-4-19(5-7-22)18-34-24-3-1-2-21(15-24)26(32)30-12-13-33-17-20(16-30)14-23-8-9-25-28-10-11-31(25)29-23/h1-11,15,20H,12-14,16-18H2/t20-/m0/s1. The van der Waals surface area contributed by atoms with Gasteiger partial charge in [-0.15, -0.1) is 0 Å². The maximum absolute atomic E-state index is 13.3. The lowest BCUT2D eigenvalue weighted by atomic mass is 10.0. The molecule has 5 rings (SSSR count). The minimum atomic E-state index is -0.283. The summed E-state index contributed by atoms with van der Waals surface area (Å²) in [7, 11) is 0. The number of carbonyl (C=O) groups is 1. The summed E-state index contributed by atoms with van der Waals surface area (Å²) < 4.78 is 26.5. The maximum Gasteiger partial charge on any atom is 0.254 e. The molecule has 3 heterocycles. The first-order chi connectivity index (χ1) is 16.6. The largest absolute Gasteiger partial charge is 0.489 e. The molecule has 0 aliphatic carbocycles. The highest BCUT2D eigenvalue weighted by Gasteiger charge is 2.24. The zero-order valence-electron chi connectivity index (χ0n) is 18.6. The number of imidazole rings is 1. The first kappa shape index (κ1) is 22.0. The number of hydrogen-bond donors (Lipinski definition) is 0. The second-order valence-corrected chi connectivity index (χ2v) is 8.39. The molecule has 1 atom stereocenters. The van der Waals surface area contributed by atoms with Crippen molar-refractivity contribution in [1.82, 2.24) is 19.5 Å². The number of fused-ring (bicyclic) bond motifs is 1. The molecule has 0 saturated carbocycles. The molecule has 8 heteroatoms. The van der Waals surface area contributed by atoms with Gasteiger partial charge >= 0.3 is 0 Å². The highest BCUT2D eigenvalue weighted by atomic mass is 19.1. The zero-order chi connectivity index (χ0) is 23.3. The van der Waals surface area contributed by atoms with Crippen LogP contribution in [-0.2, 0) is 17.8 Å². The molecule has 1 fully saturated rings. The van der Waals surface area contributed by atoms with E-state index in [1.807, 2.05) is 35.4 Å². The van der Waals surface area contributed by atoms with Gasteiger partial charge in [-0.2, -0.15) is 5.10 Å². The first-order valence-electron chi connectivity index (χ1n) is 11.3. The molecule has 34 heavy (non-hydrogen) atoms. The van der Waals surface area contributed by atoms with Crippen molar-refractivity contribution in [3.05, 3.63) is 95.7 Å². The number of amides is 1. The van der Waals surface area contributed by atoms with Crippen LogP contribution in [0.15, 0.2) is 73.1 Å². The predicted octanol–water partition coefficient (Wildman–Crippen LogP) is 3.78. The van der Waals surface area contributed by atoms with E-state index in [-0.39, 0.29) is 17.6 Å². The molecule has 0 unspecified atom stereocenters. The number of rotatable bonds is 6. The fourth-order valence-corrected chi connectivity index (χ4v) is 4.10. The molecule has 1 amide bonds. The number of hydrogen-bond acceptors (Lipinski definition) is 5. The molecular weight excluding hydrogens is 435 g/mol. The number of aromatic nitrogens is 3. The molecule has 1 aliphatic rings. The zero-order valence-corrected chi connectivity index (χ0v) is 18.6. The van der Waals surface area contributed by atoms with E-state index in [1.165, 1.54) is 12.1 Å². The summed E-state index contributed by atoms with van der Waals surface area (Å²) in [5, 5.41) is 4.61. The van der Waals surface area contributed by atoms with Gasteiger partial charge in [0, 0.05) is 37.0 Å². The van der Waals surface area contributed by atoms with Gasteiger partial charge in [0.15, 0.2) is 5.65 Å². The summed E-state index contributed by atoms with van der Waals surface area (Å²) in [5.41, 5.74) is 3.16. The molecule has 0 spiro atoms. The summed E-state index contributed by atoms with van der Waals surface area (Å²) >= 11 is 0. The smallest absolute Gasteiger partial charge is 0.254 e. The summed E-state index contributed by atoms with van der Waals surface area (Å²) in [6.07, 6.45) is 4.25. The molecule has 1 saturated heterocycles. The van der Waals surface area contributed by atoms with Crippen LogP contribution in [0.1, 0.15) is 21.6 Å². The third-order valence-corrected chi connectivity index (χ3v) is 5.83. The van der Waals surface area contributed by atoms with Gasteiger partial charge < -0.3 is 14.4 Å². The lowest BCUT2D eigenvalue weighted by molar-refractivity contribution is 0.0736. The van der Waals surface area contributed by atoms with E-state index in [1.54, 1.807) is 35.0 Å². The minimum Gasteiger partial charge on any atom is -0.489 e. The lowest BCUT2D eigenvalue weighted by Gasteiger charge is -2.24. The van der Waals surface area contributed by atoms with Crippen LogP contribution in [-0.4, -0.2) is 51.7 Å². The monoisotopic (exact) mass is 460 g/mol. The van der Waals surface area contributed by atoms with Crippen molar-refractivity contribution in [2.45, 2.75) is 13.0 Å². The third kappa shape index (κ3) is 5.23. The van der Waals surface area contributed by atoms with Crippen molar-refractivity contribution in [3.63, 3.8) is 0 Å². The van der Waals surface area contributed by atoms with E-state index in [2.05, 4.69) is 10.1 Å². The Hall–Kier alpha value is -3.78. The summed E-state index contributed by atoms with van der Waals surface area (Å²) in [5.74, 6) is 0.392. The van der Waals surface area contributed by atoms with Crippen LogP contribution in [0.2, 0.25) is 0 Å². The number of carbonyl (C=O) groups excluding carboxylic acids is 1. The van der Waals surface area contributed by atoms with Crippen molar-refractivity contribution >= 4 is 11.6 Å². The quantitative estimate of drug-likeness (QED) is 0.438. The molecule has 2 aromatic carbocycles. The van der Waals surface area contributed by atoms with Crippen molar-refractivity contribution in [3.8, 4) is 5.75 Å². The summed E-state index contributed by atoms with van der Waals surface area (Å²) in [6, 6.07) is 17.3. The van der Waals surface area contributed by atoms with Gasteiger partial charge in [0.2, 0.25) is 0 Å². The Kier molecular flexibility index (Phi) is 6.49. The van der Waals surface area contributed by atoms with Crippen molar-refractivity contribution < 1.29 is 18.7 Å². The number of benzene rings is 2. The Bertz CT molecular complexity index is 1270. The van der Waals surface area contributed by atoms with Gasteiger partial charge in [0.1, 0.15) is 18.2 Å². The van der Waals surface area contributed by atoms with Crippen LogP contribution in [0.3, 0.4) is 0 Å². The third-order valence-electron chi connectivity index (χ3n) is 5.83. The molecule has 174 valence electrons. The predicted molar refractivity (Wildman–Crippen MR) is 124 cm³/mol. The molecule has 0 N–H and O–H groups in total. The maximum atomic E-state index is 13.3. The molecule has 2 aromatic heterocycles. The SMILES string of the molecule is O=C(c1cccc(OCc2ccc(F)cc2)c1)N1CCOC[C@@H](Cc2ccc3nccn3n2)C1. The summed E-state index contributed by atoms with van der Waals surface area (Å²) in [4.78, 5) is 19.4. The normalized spacial score (nSPS) is 16.4. The van der Waals surface area contributed by atoms with E-state index in [4.69, 9.17) is 9.47 Å². The van der Waals surface area contributed by atoms with E-state index >= 15 is 0 Å². The molecular formula is C26H25FN4O3. The van der Waals surface area contributed by atoms with Crippen LogP contribution in [0.4, 0.5) is 4.39 Å². The van der Waals surface area contributed by atoms with E-state index < -0.39 is 0 Å². The van der Waals surface area contributed by atoms with Crippen LogP contribution < -0.4 is 4.74 Å². The highest BCUT2D eigenvalue weighted by molar-refractivity contribution is 5.94. The Morgan fingerprint density at radius 1 is 1.15 bits per heavy atom. The van der Waals surface area contributed by atoms with Crippen LogP contribution in [0.25, 0.3) is 5.65 Å². The molecule has 0 bridgehead atoms. The molecule has 4 aromatic rings. The van der Waals surface area contributed by atoms with Gasteiger partial charge in [-0.1, -0.05) is 18.2 Å². The van der Waals surface area contributed by atoms with Crippen LogP contribution in [0.5, 0.6) is 5.75 Å². The summed E-state index contributed by atoms with van der Waals surface area (Å²) in [6.45, 7) is 2.49. The van der Waals surface area contributed by atoms with Gasteiger partial charge in [0.05, 0.1) is 18.9 Å². The van der Waals surface area contributed by atoms with E-state index in [0.29, 0.717) is 50.6 Å². The fourth-order valence-electron chi connectivity index (χ4n) is 4.10. The Balaban J connectivity index is 1.24. The van der Waals surface area contributed by atoms with Crippen LogP contribution >= 0.6 is 0 Å². The number of nitrogens with zero attached hydrogens (tertiary/aromatic N) is 4. The average molecular weight is 461 g/mol. The van der Waals surface area contributed by atoms with Crippen molar-refractivity contribution in [2.24, 2.45) is 5.92 Å². The molecule has 7 nitrogen and oxygen atoms in total. The Labute approximate surface area is 196 Å². The fraction of sp³-hybridized carbons (Fsp3) is 0.269. The lowest BCUT2D eigenvalue weighted by Crippen LogP contribution is -2.36. The first-order valence-corrected chi connectivity index (χ1v) is 11.3. The average Bonchev–Trinajstić information content (AvgIpc) is 3.20. The second-order valence-electron chi connectivity index (χ2n) is 8.39. The van der Waals surface area contributed by atoms with E-state index in [9.17, 15) is 9.18 Å². The van der Waals surface area contributed by atoms with Gasteiger partial charge in [-0.25, -0.2) is 13.9 Å². The highest BCUT2D eigenvalue weighted by Crippen LogP contribution is 2.20. The minimum absolute atomic E-state index is 0.0549.